The van der Waals surface area contributed by atoms with Gasteiger partial charge in [-0.3, -0.25) is 0 Å². The van der Waals surface area contributed by atoms with Gasteiger partial charge < -0.3 is 5.11 Å². The summed E-state index contributed by atoms with van der Waals surface area (Å²) in [6.07, 6.45) is 0. The minimum absolute atomic E-state index is 0.0517. The summed E-state index contributed by atoms with van der Waals surface area (Å²) in [5, 5.41) is 17.1. The number of rotatable bonds is 3. The lowest BCUT2D eigenvalue weighted by Crippen LogP contribution is -1.79. The van der Waals surface area contributed by atoms with Gasteiger partial charge in [-0.2, -0.15) is 10.2 Å². The molecule has 0 saturated heterocycles. The molecule has 0 heterocycles. The molecule has 2 aromatic rings. The molecule has 0 radical (unpaired) electrons. The quantitative estimate of drug-likeness (QED) is 0.784. The first-order chi connectivity index (χ1) is 8.88. The Morgan fingerprint density at radius 1 is 0.778 bits per heavy atom. The van der Waals surface area contributed by atoms with E-state index in [9.17, 15) is 0 Å². The minimum Gasteiger partial charge on any atom is -0.392 e. The maximum atomic E-state index is 8.88. The van der Waals surface area contributed by atoms with Gasteiger partial charge in [0.2, 0.25) is 0 Å². The van der Waals surface area contributed by atoms with Gasteiger partial charge in [0.25, 0.3) is 0 Å². The van der Waals surface area contributed by atoms with E-state index in [4.69, 9.17) is 5.11 Å². The maximum Gasteiger partial charge on any atom is 0.0857 e. The molecular weight excluding hydrogens is 224 g/mol. The Kier molecular flexibility index (Phi) is 6.36. The van der Waals surface area contributed by atoms with E-state index in [0.29, 0.717) is 0 Å². The molecule has 18 heavy (non-hydrogen) atoms. The normalized spacial score (nSPS) is 9.94. The number of hydrogen-bond donors (Lipinski definition) is 1. The molecule has 0 saturated carbocycles. The summed E-state index contributed by atoms with van der Waals surface area (Å²) in [5.74, 6) is 0. The molecule has 0 aliphatic carbocycles. The van der Waals surface area contributed by atoms with Crippen molar-refractivity contribution in [1.29, 1.82) is 0 Å². The van der Waals surface area contributed by atoms with E-state index in [2.05, 4.69) is 10.2 Å². The smallest absolute Gasteiger partial charge is 0.0857 e. The van der Waals surface area contributed by atoms with E-state index in [0.717, 1.165) is 16.9 Å². The van der Waals surface area contributed by atoms with Crippen molar-refractivity contribution in [2.75, 3.05) is 0 Å². The lowest BCUT2D eigenvalue weighted by Gasteiger charge is -1.95. The van der Waals surface area contributed by atoms with Gasteiger partial charge in [0.15, 0.2) is 0 Å². The molecule has 0 atom stereocenters. The second-order valence-corrected chi connectivity index (χ2v) is 3.36. The third-order valence-corrected chi connectivity index (χ3v) is 2.16. The number of nitrogens with zero attached hydrogens (tertiary/aromatic N) is 2. The van der Waals surface area contributed by atoms with Crippen molar-refractivity contribution in [3.05, 3.63) is 60.2 Å². The summed E-state index contributed by atoms with van der Waals surface area (Å²) < 4.78 is 0. The van der Waals surface area contributed by atoms with Crippen LogP contribution in [0, 0.1) is 0 Å². The fourth-order valence-corrected chi connectivity index (χ4v) is 1.28. The van der Waals surface area contributed by atoms with Crippen LogP contribution in [0.2, 0.25) is 0 Å². The zero-order valence-corrected chi connectivity index (χ0v) is 10.7. The van der Waals surface area contributed by atoms with Crippen molar-refractivity contribution in [3.8, 4) is 0 Å². The lowest BCUT2D eigenvalue weighted by atomic mass is 10.2. The Morgan fingerprint density at radius 2 is 1.28 bits per heavy atom. The number of hydrogen-bond acceptors (Lipinski definition) is 3. The van der Waals surface area contributed by atoms with Gasteiger partial charge in [-0.15, -0.1) is 0 Å². The van der Waals surface area contributed by atoms with Crippen LogP contribution < -0.4 is 0 Å². The molecule has 3 nitrogen and oxygen atoms in total. The van der Waals surface area contributed by atoms with E-state index in [1.165, 1.54) is 0 Å². The first-order valence-corrected chi connectivity index (χ1v) is 6.05. The molecule has 0 aliphatic rings. The summed E-state index contributed by atoms with van der Waals surface area (Å²) in [4.78, 5) is 0. The van der Waals surface area contributed by atoms with Crippen LogP contribution in [0.15, 0.2) is 64.8 Å². The van der Waals surface area contributed by atoms with Gasteiger partial charge in [0.05, 0.1) is 18.0 Å². The van der Waals surface area contributed by atoms with Crippen LogP contribution in [0.4, 0.5) is 11.4 Å². The summed E-state index contributed by atoms with van der Waals surface area (Å²) in [6.45, 7) is 4.05. The predicted molar refractivity (Wildman–Crippen MR) is 74.3 cm³/mol. The number of aliphatic hydroxyl groups is 1. The van der Waals surface area contributed by atoms with E-state index in [1.807, 2.05) is 68.4 Å². The third kappa shape index (κ3) is 4.47. The molecule has 2 aromatic carbocycles. The molecule has 94 valence electrons. The molecule has 1 N–H and O–H groups in total. The summed E-state index contributed by atoms with van der Waals surface area (Å²) in [5.41, 5.74) is 2.48. The van der Waals surface area contributed by atoms with E-state index >= 15 is 0 Å². The van der Waals surface area contributed by atoms with Crippen molar-refractivity contribution >= 4 is 11.4 Å². The SMILES string of the molecule is CC.OCc1ccc(N=Nc2ccccc2)cc1. The van der Waals surface area contributed by atoms with Gasteiger partial charge in [0, 0.05) is 0 Å². The fraction of sp³-hybridized carbons (Fsp3) is 0.200. The Balaban J connectivity index is 0.000000771. The highest BCUT2D eigenvalue weighted by Gasteiger charge is 1.91. The highest BCUT2D eigenvalue weighted by Crippen LogP contribution is 2.18. The maximum absolute atomic E-state index is 8.88. The number of azo groups is 1. The first kappa shape index (κ1) is 14.1. The fourth-order valence-electron chi connectivity index (χ4n) is 1.28. The minimum atomic E-state index is 0.0517. The average Bonchev–Trinajstić information content (AvgIpc) is 2.49. The second-order valence-electron chi connectivity index (χ2n) is 3.36. The molecule has 0 aliphatic heterocycles. The molecule has 0 unspecified atom stereocenters. The Labute approximate surface area is 108 Å². The zero-order valence-electron chi connectivity index (χ0n) is 10.7. The Bertz CT molecular complexity index is 464. The van der Waals surface area contributed by atoms with E-state index < -0.39 is 0 Å². The monoisotopic (exact) mass is 242 g/mol. The van der Waals surface area contributed by atoms with Crippen molar-refractivity contribution < 1.29 is 5.11 Å². The molecule has 0 amide bonds. The first-order valence-electron chi connectivity index (χ1n) is 6.05. The van der Waals surface area contributed by atoms with Crippen molar-refractivity contribution in [1.82, 2.24) is 0 Å². The molecule has 0 spiro atoms. The average molecular weight is 242 g/mol. The molecule has 2 rings (SSSR count). The Morgan fingerprint density at radius 3 is 1.78 bits per heavy atom. The van der Waals surface area contributed by atoms with Gasteiger partial charge in [-0.1, -0.05) is 44.2 Å². The van der Waals surface area contributed by atoms with Crippen LogP contribution in [0.25, 0.3) is 0 Å². The summed E-state index contributed by atoms with van der Waals surface area (Å²) in [6, 6.07) is 16.9. The van der Waals surface area contributed by atoms with Crippen LogP contribution in [-0.2, 0) is 6.61 Å². The van der Waals surface area contributed by atoms with Crippen molar-refractivity contribution in [2.24, 2.45) is 10.2 Å². The number of aliphatic hydroxyl groups excluding tert-OH is 1. The van der Waals surface area contributed by atoms with Crippen LogP contribution >= 0.6 is 0 Å². The predicted octanol–water partition coefficient (Wildman–Crippen LogP) is 4.62. The Hall–Kier alpha value is -2.00. The van der Waals surface area contributed by atoms with Gasteiger partial charge in [0.1, 0.15) is 0 Å². The van der Waals surface area contributed by atoms with E-state index in [-0.39, 0.29) is 6.61 Å². The van der Waals surface area contributed by atoms with Gasteiger partial charge in [-0.25, -0.2) is 0 Å². The highest BCUT2D eigenvalue weighted by atomic mass is 16.3. The van der Waals surface area contributed by atoms with Gasteiger partial charge in [-0.05, 0) is 29.8 Å². The zero-order chi connectivity index (χ0) is 13.2. The molecular formula is C15H18N2O. The lowest BCUT2D eigenvalue weighted by molar-refractivity contribution is 0.282. The summed E-state index contributed by atoms with van der Waals surface area (Å²) in [7, 11) is 0. The van der Waals surface area contributed by atoms with Crippen LogP contribution in [0.3, 0.4) is 0 Å². The van der Waals surface area contributed by atoms with E-state index in [1.54, 1.807) is 0 Å². The van der Waals surface area contributed by atoms with Gasteiger partial charge >= 0.3 is 0 Å². The van der Waals surface area contributed by atoms with Crippen molar-refractivity contribution in [2.45, 2.75) is 20.5 Å². The number of benzene rings is 2. The molecule has 0 fully saturated rings. The molecule has 0 bridgehead atoms. The highest BCUT2D eigenvalue weighted by molar-refractivity contribution is 5.40. The van der Waals surface area contributed by atoms with Crippen LogP contribution in [0.1, 0.15) is 19.4 Å². The van der Waals surface area contributed by atoms with Crippen molar-refractivity contribution in [3.63, 3.8) is 0 Å². The largest absolute Gasteiger partial charge is 0.392 e. The van der Waals surface area contributed by atoms with Crippen LogP contribution in [0.5, 0.6) is 0 Å². The topological polar surface area (TPSA) is 45.0 Å². The summed E-state index contributed by atoms with van der Waals surface area (Å²) >= 11 is 0. The molecule has 0 aromatic heterocycles. The third-order valence-electron chi connectivity index (χ3n) is 2.16. The molecule has 3 heteroatoms. The van der Waals surface area contributed by atoms with Crippen LogP contribution in [-0.4, -0.2) is 5.11 Å². The second kappa shape index (κ2) is 8.14. The standard InChI is InChI=1S/C13H12N2O.C2H6/c16-10-11-6-8-13(9-7-11)15-14-12-4-2-1-3-5-12;1-2/h1-9,16H,10H2;1-2H3.